The van der Waals surface area contributed by atoms with Crippen LogP contribution in [-0.4, -0.2) is 18.9 Å². The van der Waals surface area contributed by atoms with Gasteiger partial charge in [0, 0.05) is 5.56 Å². The SMILES string of the molecule is CCOC(=O)CC#Cc1ccc(OC(F)(F)F)c(F)c1. The summed E-state index contributed by atoms with van der Waals surface area (Å²) in [4.78, 5) is 11.0. The first kappa shape index (κ1) is 15.8. The Bertz CT molecular complexity index is 541. The van der Waals surface area contributed by atoms with Crippen LogP contribution in [0.4, 0.5) is 17.6 Å². The molecule has 0 fully saturated rings. The van der Waals surface area contributed by atoms with Crippen molar-refractivity contribution in [3.05, 3.63) is 29.6 Å². The van der Waals surface area contributed by atoms with E-state index in [-0.39, 0.29) is 18.6 Å². The van der Waals surface area contributed by atoms with E-state index in [1.807, 2.05) is 0 Å². The minimum Gasteiger partial charge on any atom is -0.465 e. The lowest BCUT2D eigenvalue weighted by atomic mass is 10.2. The Labute approximate surface area is 112 Å². The average molecular weight is 290 g/mol. The second kappa shape index (κ2) is 6.80. The van der Waals surface area contributed by atoms with Crippen molar-refractivity contribution in [2.45, 2.75) is 19.7 Å². The smallest absolute Gasteiger partial charge is 0.465 e. The first-order valence-corrected chi connectivity index (χ1v) is 5.51. The Morgan fingerprint density at radius 1 is 1.35 bits per heavy atom. The van der Waals surface area contributed by atoms with Crippen molar-refractivity contribution in [3.8, 4) is 17.6 Å². The lowest BCUT2D eigenvalue weighted by Crippen LogP contribution is -2.17. The molecule has 7 heteroatoms. The highest BCUT2D eigenvalue weighted by Crippen LogP contribution is 2.25. The number of hydrogen-bond acceptors (Lipinski definition) is 3. The maximum atomic E-state index is 13.3. The molecule has 0 bridgehead atoms. The van der Waals surface area contributed by atoms with Gasteiger partial charge in [-0.15, -0.1) is 13.2 Å². The van der Waals surface area contributed by atoms with Crippen LogP contribution in [0.3, 0.4) is 0 Å². The molecule has 1 rings (SSSR count). The minimum atomic E-state index is -4.96. The zero-order chi connectivity index (χ0) is 15.2. The summed E-state index contributed by atoms with van der Waals surface area (Å²) in [6.45, 7) is 1.86. The van der Waals surface area contributed by atoms with Crippen LogP contribution in [-0.2, 0) is 9.53 Å². The molecular weight excluding hydrogens is 280 g/mol. The predicted octanol–water partition coefficient (Wildman–Crippen LogP) is 3.03. The maximum Gasteiger partial charge on any atom is 0.573 e. The van der Waals surface area contributed by atoms with Crippen LogP contribution in [0, 0.1) is 17.7 Å². The number of carbonyl (C=O) groups is 1. The topological polar surface area (TPSA) is 35.5 Å². The number of ether oxygens (including phenoxy) is 2. The second-order valence-electron chi connectivity index (χ2n) is 3.48. The van der Waals surface area contributed by atoms with Gasteiger partial charge in [-0.2, -0.15) is 0 Å². The van der Waals surface area contributed by atoms with Gasteiger partial charge in [-0.05, 0) is 25.1 Å². The monoisotopic (exact) mass is 290 g/mol. The molecule has 0 aromatic heterocycles. The van der Waals surface area contributed by atoms with E-state index in [2.05, 4.69) is 21.3 Å². The van der Waals surface area contributed by atoms with E-state index in [0.29, 0.717) is 0 Å². The van der Waals surface area contributed by atoms with E-state index in [9.17, 15) is 22.4 Å². The molecule has 0 amide bonds. The number of benzene rings is 1. The number of alkyl halides is 3. The summed E-state index contributed by atoms with van der Waals surface area (Å²) in [7, 11) is 0. The summed E-state index contributed by atoms with van der Waals surface area (Å²) in [5.74, 6) is 2.21. The average Bonchev–Trinajstić information content (AvgIpc) is 2.31. The number of esters is 1. The van der Waals surface area contributed by atoms with Gasteiger partial charge in [0.1, 0.15) is 6.42 Å². The molecule has 0 atom stereocenters. The fourth-order valence-corrected chi connectivity index (χ4v) is 1.22. The fourth-order valence-electron chi connectivity index (χ4n) is 1.22. The van der Waals surface area contributed by atoms with Crippen LogP contribution >= 0.6 is 0 Å². The molecule has 0 aliphatic heterocycles. The van der Waals surface area contributed by atoms with E-state index in [4.69, 9.17) is 0 Å². The Morgan fingerprint density at radius 3 is 2.60 bits per heavy atom. The van der Waals surface area contributed by atoms with Gasteiger partial charge < -0.3 is 9.47 Å². The Kier molecular flexibility index (Phi) is 5.38. The molecule has 0 spiro atoms. The van der Waals surface area contributed by atoms with E-state index < -0.39 is 23.9 Å². The molecule has 0 heterocycles. The van der Waals surface area contributed by atoms with Crippen LogP contribution in [0.15, 0.2) is 18.2 Å². The molecule has 0 radical (unpaired) electrons. The third kappa shape index (κ3) is 5.61. The first-order chi connectivity index (χ1) is 9.31. The summed E-state index contributed by atoms with van der Waals surface area (Å²) >= 11 is 0. The van der Waals surface area contributed by atoms with Gasteiger partial charge in [0.05, 0.1) is 6.61 Å². The largest absolute Gasteiger partial charge is 0.573 e. The summed E-state index contributed by atoms with van der Waals surface area (Å²) in [6, 6.07) is 2.76. The Morgan fingerprint density at radius 2 is 2.05 bits per heavy atom. The summed E-state index contributed by atoms with van der Waals surface area (Å²) in [6.07, 6.45) is -5.14. The van der Waals surface area contributed by atoms with Gasteiger partial charge >= 0.3 is 12.3 Å². The third-order valence-corrected chi connectivity index (χ3v) is 1.93. The van der Waals surface area contributed by atoms with Crippen LogP contribution in [0.2, 0.25) is 0 Å². The van der Waals surface area contributed by atoms with Gasteiger partial charge in [-0.3, -0.25) is 4.79 Å². The van der Waals surface area contributed by atoms with Gasteiger partial charge in [0.15, 0.2) is 11.6 Å². The highest BCUT2D eigenvalue weighted by Gasteiger charge is 2.32. The lowest BCUT2D eigenvalue weighted by molar-refractivity contribution is -0.275. The molecule has 0 aliphatic carbocycles. The van der Waals surface area contributed by atoms with E-state index >= 15 is 0 Å². The molecule has 20 heavy (non-hydrogen) atoms. The van der Waals surface area contributed by atoms with Crippen molar-refractivity contribution in [1.29, 1.82) is 0 Å². The third-order valence-electron chi connectivity index (χ3n) is 1.93. The van der Waals surface area contributed by atoms with E-state index in [1.165, 1.54) is 0 Å². The Balaban J connectivity index is 2.73. The quantitative estimate of drug-likeness (QED) is 0.487. The summed E-state index contributed by atoms with van der Waals surface area (Å²) in [5.41, 5.74) is 0.126. The van der Waals surface area contributed by atoms with Crippen LogP contribution in [0.25, 0.3) is 0 Å². The zero-order valence-electron chi connectivity index (χ0n) is 10.4. The molecule has 0 N–H and O–H groups in total. The molecule has 108 valence electrons. The molecular formula is C13H10F4O3. The second-order valence-corrected chi connectivity index (χ2v) is 3.48. The molecule has 0 saturated heterocycles. The number of carbonyl (C=O) groups excluding carboxylic acids is 1. The summed E-state index contributed by atoms with van der Waals surface area (Å²) < 4.78 is 57.1. The van der Waals surface area contributed by atoms with Gasteiger partial charge in [0.2, 0.25) is 0 Å². The molecule has 1 aromatic rings. The van der Waals surface area contributed by atoms with Crippen molar-refractivity contribution in [2.24, 2.45) is 0 Å². The van der Waals surface area contributed by atoms with E-state index in [1.54, 1.807) is 6.92 Å². The van der Waals surface area contributed by atoms with Crippen molar-refractivity contribution in [2.75, 3.05) is 6.61 Å². The highest BCUT2D eigenvalue weighted by atomic mass is 19.4. The first-order valence-electron chi connectivity index (χ1n) is 5.51. The van der Waals surface area contributed by atoms with Crippen molar-refractivity contribution < 1.29 is 31.8 Å². The fraction of sp³-hybridized carbons (Fsp3) is 0.308. The molecule has 3 nitrogen and oxygen atoms in total. The molecule has 0 saturated carbocycles. The van der Waals surface area contributed by atoms with Crippen LogP contribution < -0.4 is 4.74 Å². The van der Waals surface area contributed by atoms with Crippen LogP contribution in [0.1, 0.15) is 18.9 Å². The standard InChI is InChI=1S/C13H10F4O3/c1-2-19-12(18)5-3-4-9-6-7-11(10(14)8-9)20-13(15,16)17/h6-8H,2,5H2,1H3. The highest BCUT2D eigenvalue weighted by molar-refractivity contribution is 5.72. The number of rotatable bonds is 3. The zero-order valence-corrected chi connectivity index (χ0v) is 10.4. The summed E-state index contributed by atoms with van der Waals surface area (Å²) in [5, 5.41) is 0. The van der Waals surface area contributed by atoms with Crippen molar-refractivity contribution in [3.63, 3.8) is 0 Å². The molecule has 0 unspecified atom stereocenters. The van der Waals surface area contributed by atoms with E-state index in [0.717, 1.165) is 18.2 Å². The van der Waals surface area contributed by atoms with Crippen LogP contribution in [0.5, 0.6) is 5.75 Å². The maximum absolute atomic E-state index is 13.3. The van der Waals surface area contributed by atoms with Crippen molar-refractivity contribution in [1.82, 2.24) is 0 Å². The number of hydrogen-bond donors (Lipinski definition) is 0. The van der Waals surface area contributed by atoms with Gasteiger partial charge in [0.25, 0.3) is 0 Å². The van der Waals surface area contributed by atoms with Gasteiger partial charge in [-0.1, -0.05) is 11.8 Å². The Hall–Kier alpha value is -2.23. The van der Waals surface area contributed by atoms with Gasteiger partial charge in [-0.25, -0.2) is 4.39 Å². The van der Waals surface area contributed by atoms with Crippen molar-refractivity contribution >= 4 is 5.97 Å². The normalized spacial score (nSPS) is 10.4. The molecule has 0 aliphatic rings. The number of halogens is 4. The molecule has 1 aromatic carbocycles. The minimum absolute atomic E-state index is 0.126. The predicted molar refractivity (Wildman–Crippen MR) is 61.2 cm³/mol. The lowest BCUT2D eigenvalue weighted by Gasteiger charge is -2.09.